The van der Waals surface area contributed by atoms with Gasteiger partial charge < -0.3 is 10.7 Å². The molecule has 21 heavy (non-hydrogen) atoms. The maximum absolute atomic E-state index is 5.78. The van der Waals surface area contributed by atoms with Crippen LogP contribution in [0.4, 0.5) is 5.69 Å². The molecule has 3 aromatic heterocycles. The van der Waals surface area contributed by atoms with E-state index in [0.717, 1.165) is 26.9 Å². The number of anilines is 1. The summed E-state index contributed by atoms with van der Waals surface area (Å²) >= 11 is 1.48. The standard InChI is InChI=1S/C13H11N7S/c1-7-4-11(20-12(17-7)15-6-16-20)21-13-18-9-3-2-8(14)5-10(9)19-13/h2-6H,14H2,1H3,(H,18,19). The molecule has 3 N–H and O–H groups in total. The third kappa shape index (κ3) is 2.09. The lowest BCUT2D eigenvalue weighted by Crippen LogP contribution is -1.97. The molecule has 0 atom stereocenters. The van der Waals surface area contributed by atoms with E-state index < -0.39 is 0 Å². The fraction of sp³-hybridized carbons (Fsp3) is 0.0769. The Kier molecular flexibility index (Phi) is 2.58. The second kappa shape index (κ2) is 4.45. The molecule has 0 unspecified atom stereocenters. The number of hydrogen-bond donors (Lipinski definition) is 2. The van der Waals surface area contributed by atoms with Crippen molar-refractivity contribution in [2.45, 2.75) is 17.1 Å². The number of nitrogens with two attached hydrogens (primary N) is 1. The molecule has 0 aliphatic rings. The molecule has 0 saturated heterocycles. The number of nitrogens with one attached hydrogen (secondary N) is 1. The predicted octanol–water partition coefficient (Wildman–Crippen LogP) is 2.04. The van der Waals surface area contributed by atoms with E-state index in [-0.39, 0.29) is 0 Å². The van der Waals surface area contributed by atoms with E-state index in [1.165, 1.54) is 18.1 Å². The molecule has 4 rings (SSSR count). The molecular formula is C13H11N7S. The third-order valence-corrected chi connectivity index (χ3v) is 3.92. The van der Waals surface area contributed by atoms with E-state index in [9.17, 15) is 0 Å². The molecule has 0 aliphatic carbocycles. The van der Waals surface area contributed by atoms with Gasteiger partial charge in [-0.1, -0.05) is 0 Å². The van der Waals surface area contributed by atoms with Crippen LogP contribution in [0.3, 0.4) is 0 Å². The molecule has 1 aromatic carbocycles. The molecule has 0 bridgehead atoms. The lowest BCUT2D eigenvalue weighted by Gasteiger charge is -2.02. The zero-order chi connectivity index (χ0) is 14.4. The number of rotatable bonds is 2. The van der Waals surface area contributed by atoms with Gasteiger partial charge in [-0.15, -0.1) is 0 Å². The number of aryl methyl sites for hydroxylation is 1. The number of benzene rings is 1. The largest absolute Gasteiger partial charge is 0.399 e. The second-order valence-electron chi connectivity index (χ2n) is 4.63. The normalized spacial score (nSPS) is 11.5. The van der Waals surface area contributed by atoms with E-state index in [1.54, 1.807) is 4.52 Å². The summed E-state index contributed by atoms with van der Waals surface area (Å²) in [6.07, 6.45) is 1.49. The van der Waals surface area contributed by atoms with Crippen molar-refractivity contribution in [3.8, 4) is 0 Å². The number of nitrogen functional groups attached to an aromatic ring is 1. The van der Waals surface area contributed by atoms with Crippen LogP contribution in [-0.2, 0) is 0 Å². The first-order valence-electron chi connectivity index (χ1n) is 6.29. The van der Waals surface area contributed by atoms with Crippen molar-refractivity contribution in [1.29, 1.82) is 0 Å². The highest BCUT2D eigenvalue weighted by Gasteiger charge is 2.10. The Bertz CT molecular complexity index is 956. The molecule has 4 aromatic rings. The topological polar surface area (TPSA) is 97.8 Å². The quantitative estimate of drug-likeness (QED) is 0.434. The molecule has 8 heteroatoms. The van der Waals surface area contributed by atoms with Crippen LogP contribution in [0.2, 0.25) is 0 Å². The number of hydrogen-bond acceptors (Lipinski definition) is 6. The summed E-state index contributed by atoms with van der Waals surface area (Å²) in [4.78, 5) is 16.2. The van der Waals surface area contributed by atoms with Crippen molar-refractivity contribution in [2.75, 3.05) is 5.73 Å². The van der Waals surface area contributed by atoms with Crippen molar-refractivity contribution < 1.29 is 0 Å². The zero-order valence-electron chi connectivity index (χ0n) is 11.1. The molecule has 104 valence electrons. The number of fused-ring (bicyclic) bond motifs is 2. The van der Waals surface area contributed by atoms with Gasteiger partial charge in [0.1, 0.15) is 11.4 Å². The van der Waals surface area contributed by atoms with Crippen LogP contribution in [0.15, 0.2) is 40.8 Å². The van der Waals surface area contributed by atoms with Crippen LogP contribution in [0.1, 0.15) is 5.69 Å². The first-order valence-corrected chi connectivity index (χ1v) is 7.11. The van der Waals surface area contributed by atoms with Crippen LogP contribution in [0, 0.1) is 6.92 Å². The van der Waals surface area contributed by atoms with Gasteiger partial charge in [0.05, 0.1) is 11.0 Å². The molecule has 0 fully saturated rings. The monoisotopic (exact) mass is 297 g/mol. The summed E-state index contributed by atoms with van der Waals surface area (Å²) in [5.41, 5.74) is 9.17. The lowest BCUT2D eigenvalue weighted by molar-refractivity contribution is 0.831. The van der Waals surface area contributed by atoms with E-state index in [4.69, 9.17) is 5.73 Å². The zero-order valence-corrected chi connectivity index (χ0v) is 11.9. The summed E-state index contributed by atoms with van der Waals surface area (Å²) in [7, 11) is 0. The molecule has 0 saturated carbocycles. The average molecular weight is 297 g/mol. The first-order chi connectivity index (χ1) is 10.2. The smallest absolute Gasteiger partial charge is 0.253 e. The first kappa shape index (κ1) is 12.2. The summed E-state index contributed by atoms with van der Waals surface area (Å²) in [6.45, 7) is 1.93. The van der Waals surface area contributed by atoms with Gasteiger partial charge in [0, 0.05) is 11.4 Å². The van der Waals surface area contributed by atoms with Crippen molar-refractivity contribution in [1.82, 2.24) is 29.5 Å². The minimum atomic E-state index is 0.581. The van der Waals surface area contributed by atoms with Crippen LogP contribution in [-0.4, -0.2) is 29.5 Å². The minimum Gasteiger partial charge on any atom is -0.399 e. The molecule has 0 radical (unpaired) electrons. The van der Waals surface area contributed by atoms with Gasteiger partial charge in [0.2, 0.25) is 0 Å². The molecular weight excluding hydrogens is 286 g/mol. The van der Waals surface area contributed by atoms with Crippen molar-refractivity contribution in [3.63, 3.8) is 0 Å². The Balaban J connectivity index is 1.80. The van der Waals surface area contributed by atoms with Gasteiger partial charge in [-0.3, -0.25) is 0 Å². The number of aromatic nitrogens is 6. The van der Waals surface area contributed by atoms with E-state index in [1.807, 2.05) is 31.2 Å². The summed E-state index contributed by atoms with van der Waals surface area (Å²) in [5.74, 6) is 0.581. The molecule has 3 heterocycles. The van der Waals surface area contributed by atoms with E-state index >= 15 is 0 Å². The van der Waals surface area contributed by atoms with E-state index in [0.29, 0.717) is 11.5 Å². The number of imidazole rings is 1. The molecule has 0 aliphatic heterocycles. The summed E-state index contributed by atoms with van der Waals surface area (Å²) < 4.78 is 1.69. The van der Waals surface area contributed by atoms with Gasteiger partial charge in [-0.25, -0.2) is 9.97 Å². The Morgan fingerprint density at radius 3 is 3.05 bits per heavy atom. The Morgan fingerprint density at radius 2 is 2.14 bits per heavy atom. The summed E-state index contributed by atoms with van der Waals surface area (Å²) in [5, 5.41) is 5.87. The third-order valence-electron chi connectivity index (χ3n) is 3.03. The molecule has 0 spiro atoms. The molecule has 7 nitrogen and oxygen atoms in total. The number of nitrogens with zero attached hydrogens (tertiary/aromatic N) is 5. The highest BCUT2D eigenvalue weighted by Crippen LogP contribution is 2.28. The molecule has 0 amide bonds. The second-order valence-corrected chi connectivity index (χ2v) is 5.64. The van der Waals surface area contributed by atoms with Gasteiger partial charge in [-0.05, 0) is 43.0 Å². The Morgan fingerprint density at radius 1 is 1.24 bits per heavy atom. The maximum atomic E-state index is 5.78. The predicted molar refractivity (Wildman–Crippen MR) is 80.1 cm³/mol. The van der Waals surface area contributed by atoms with Crippen LogP contribution >= 0.6 is 11.8 Å². The fourth-order valence-corrected chi connectivity index (χ4v) is 3.07. The van der Waals surface area contributed by atoms with Gasteiger partial charge >= 0.3 is 0 Å². The van der Waals surface area contributed by atoms with Crippen molar-refractivity contribution in [2.24, 2.45) is 0 Å². The summed E-state index contributed by atoms with van der Waals surface area (Å²) in [6, 6.07) is 7.56. The van der Waals surface area contributed by atoms with Crippen LogP contribution in [0.5, 0.6) is 0 Å². The Hall–Kier alpha value is -2.61. The highest BCUT2D eigenvalue weighted by molar-refractivity contribution is 7.99. The van der Waals surface area contributed by atoms with Crippen LogP contribution in [0.25, 0.3) is 16.8 Å². The van der Waals surface area contributed by atoms with Crippen molar-refractivity contribution >= 4 is 34.3 Å². The number of H-pyrrole nitrogens is 1. The lowest BCUT2D eigenvalue weighted by atomic mass is 10.3. The average Bonchev–Trinajstić information content (AvgIpc) is 3.03. The highest BCUT2D eigenvalue weighted by atomic mass is 32.2. The SMILES string of the molecule is Cc1cc(Sc2nc3ccc(N)cc3[nH]2)n2ncnc2n1. The Labute approximate surface area is 123 Å². The van der Waals surface area contributed by atoms with Gasteiger partial charge in [0.25, 0.3) is 5.78 Å². The maximum Gasteiger partial charge on any atom is 0.253 e. The van der Waals surface area contributed by atoms with Crippen molar-refractivity contribution in [3.05, 3.63) is 36.3 Å². The number of aromatic amines is 1. The van der Waals surface area contributed by atoms with Gasteiger partial charge in [0.15, 0.2) is 5.16 Å². The van der Waals surface area contributed by atoms with Crippen LogP contribution < -0.4 is 5.73 Å². The van der Waals surface area contributed by atoms with E-state index in [2.05, 4.69) is 25.0 Å². The van der Waals surface area contributed by atoms with Gasteiger partial charge in [-0.2, -0.15) is 14.6 Å². The fourth-order valence-electron chi connectivity index (χ4n) is 2.12. The minimum absolute atomic E-state index is 0.581.